The van der Waals surface area contributed by atoms with Gasteiger partial charge in [0.1, 0.15) is 17.5 Å². The Morgan fingerprint density at radius 3 is 2.69 bits per heavy atom. The minimum absolute atomic E-state index is 0.166. The van der Waals surface area contributed by atoms with Crippen molar-refractivity contribution < 1.29 is 9.47 Å². The Balaban J connectivity index is 1.61. The highest BCUT2D eigenvalue weighted by molar-refractivity contribution is 7.98. The van der Waals surface area contributed by atoms with Crippen LogP contribution in [0.3, 0.4) is 0 Å². The van der Waals surface area contributed by atoms with Gasteiger partial charge >= 0.3 is 0 Å². The molecule has 0 spiro atoms. The third kappa shape index (κ3) is 3.02. The van der Waals surface area contributed by atoms with Crippen LogP contribution in [0.4, 0.5) is 5.95 Å². The number of hydrogen-bond acceptors (Lipinski definition) is 7. The molecule has 4 heterocycles. The van der Waals surface area contributed by atoms with Crippen LogP contribution in [0.15, 0.2) is 76.8 Å². The van der Waals surface area contributed by atoms with E-state index in [0.29, 0.717) is 0 Å². The molecule has 0 aliphatic carbocycles. The molecule has 2 atom stereocenters. The zero-order valence-electron chi connectivity index (χ0n) is 17.5. The Hall–Kier alpha value is -3.23. The zero-order chi connectivity index (χ0) is 21.7. The Morgan fingerprint density at radius 2 is 1.94 bits per heavy atom. The lowest BCUT2D eigenvalue weighted by atomic mass is 9.86. The second-order valence-corrected chi connectivity index (χ2v) is 9.26. The molecule has 0 saturated carbocycles. The smallest absolute Gasteiger partial charge is 0.227 e. The molecule has 0 bridgehead atoms. The summed E-state index contributed by atoms with van der Waals surface area (Å²) < 4.78 is 14.0. The Kier molecular flexibility index (Phi) is 4.69. The van der Waals surface area contributed by atoms with E-state index in [1.54, 1.807) is 18.4 Å². The minimum Gasteiger partial charge on any atom is -0.497 e. The molecule has 2 aromatic carbocycles. The fraction of sp³-hybridized carbons (Fsp3) is 0.167. The molecule has 0 saturated heterocycles. The maximum Gasteiger partial charge on any atom is 0.227 e. The van der Waals surface area contributed by atoms with Gasteiger partial charge in [-0.05, 0) is 47.5 Å². The zero-order valence-corrected chi connectivity index (χ0v) is 19.1. The van der Waals surface area contributed by atoms with Gasteiger partial charge in [0, 0.05) is 16.0 Å². The number of thioether (sulfide) groups is 1. The van der Waals surface area contributed by atoms with Gasteiger partial charge in [-0.15, -0.1) is 16.4 Å². The predicted octanol–water partition coefficient (Wildman–Crippen LogP) is 5.63. The summed E-state index contributed by atoms with van der Waals surface area (Å²) in [5.41, 5.74) is 4.30. The third-order valence-electron chi connectivity index (χ3n) is 5.78. The first kappa shape index (κ1) is 19.5. The van der Waals surface area contributed by atoms with Crippen molar-refractivity contribution in [3.05, 3.63) is 87.6 Å². The highest BCUT2D eigenvalue weighted by atomic mass is 32.2. The summed E-state index contributed by atoms with van der Waals surface area (Å²) in [6, 6.07) is 20.3. The van der Waals surface area contributed by atoms with E-state index in [2.05, 4.69) is 41.0 Å². The summed E-state index contributed by atoms with van der Waals surface area (Å²) >= 11 is 3.23. The molecule has 32 heavy (non-hydrogen) atoms. The summed E-state index contributed by atoms with van der Waals surface area (Å²) in [5, 5.41) is 11.2. The number of nitrogens with zero attached hydrogens (tertiary/aromatic N) is 3. The van der Waals surface area contributed by atoms with E-state index in [1.807, 2.05) is 41.3 Å². The van der Waals surface area contributed by atoms with Crippen molar-refractivity contribution in [2.24, 2.45) is 0 Å². The van der Waals surface area contributed by atoms with E-state index in [0.717, 1.165) is 49.9 Å². The largest absolute Gasteiger partial charge is 0.497 e. The molecule has 160 valence electrons. The Labute approximate surface area is 193 Å². The van der Waals surface area contributed by atoms with Crippen LogP contribution in [0.1, 0.15) is 28.1 Å². The number of ether oxygens (including phenoxy) is 2. The lowest BCUT2D eigenvalue weighted by Gasteiger charge is -2.38. The summed E-state index contributed by atoms with van der Waals surface area (Å²) in [6.07, 6.45) is 1.76. The number of aromatic nitrogens is 3. The molecular formula is C24H20N4O2S2. The first-order chi connectivity index (χ1) is 15.8. The Morgan fingerprint density at radius 1 is 1.09 bits per heavy atom. The molecule has 1 N–H and O–H groups in total. The van der Waals surface area contributed by atoms with Gasteiger partial charge in [-0.1, -0.05) is 42.1 Å². The number of rotatable bonds is 4. The van der Waals surface area contributed by atoms with E-state index in [4.69, 9.17) is 19.6 Å². The van der Waals surface area contributed by atoms with Crippen molar-refractivity contribution in [1.29, 1.82) is 0 Å². The number of thiophene rings is 1. The average molecular weight is 461 g/mol. The molecule has 0 radical (unpaired) electrons. The van der Waals surface area contributed by atoms with Crippen molar-refractivity contribution in [2.45, 2.75) is 17.3 Å². The summed E-state index contributed by atoms with van der Waals surface area (Å²) in [4.78, 5) is 5.89. The van der Waals surface area contributed by atoms with Crippen LogP contribution in [-0.4, -0.2) is 28.1 Å². The molecule has 0 unspecified atom stereocenters. The topological polar surface area (TPSA) is 61.2 Å². The molecular weight excluding hydrogens is 440 g/mol. The van der Waals surface area contributed by atoms with Crippen molar-refractivity contribution in [3.63, 3.8) is 0 Å². The van der Waals surface area contributed by atoms with E-state index < -0.39 is 0 Å². The molecule has 8 heteroatoms. The van der Waals surface area contributed by atoms with Crippen LogP contribution < -0.4 is 14.8 Å². The maximum atomic E-state index is 6.61. The fourth-order valence-electron chi connectivity index (χ4n) is 4.33. The van der Waals surface area contributed by atoms with Crippen LogP contribution >= 0.6 is 23.1 Å². The van der Waals surface area contributed by atoms with Gasteiger partial charge in [-0.25, -0.2) is 4.68 Å². The monoisotopic (exact) mass is 460 g/mol. The maximum absolute atomic E-state index is 6.61. The van der Waals surface area contributed by atoms with E-state index in [-0.39, 0.29) is 12.1 Å². The fourth-order valence-corrected chi connectivity index (χ4v) is 5.45. The lowest BCUT2D eigenvalue weighted by Crippen LogP contribution is -2.32. The molecule has 4 aromatic rings. The van der Waals surface area contributed by atoms with Crippen LogP contribution in [0.25, 0.3) is 5.70 Å². The third-order valence-corrected chi connectivity index (χ3v) is 7.23. The van der Waals surface area contributed by atoms with Crippen LogP contribution in [0.5, 0.6) is 11.5 Å². The van der Waals surface area contributed by atoms with Crippen LogP contribution in [-0.2, 0) is 0 Å². The first-order valence-corrected chi connectivity index (χ1v) is 12.3. The quantitative estimate of drug-likeness (QED) is 0.398. The number of para-hydroxylation sites is 1. The SMILES string of the molecule is COc1ccc([C@@H]2C3=C(Nc4nc(SC)nn42)c2ccccc2O[C@@H]3c2cccs2)cc1. The molecule has 0 fully saturated rings. The first-order valence-electron chi connectivity index (χ1n) is 10.2. The number of benzene rings is 2. The summed E-state index contributed by atoms with van der Waals surface area (Å²) in [6.45, 7) is 0. The van der Waals surface area contributed by atoms with Crippen molar-refractivity contribution in [2.75, 3.05) is 18.7 Å². The highest BCUT2D eigenvalue weighted by Crippen LogP contribution is 2.51. The Bertz CT molecular complexity index is 1310. The summed E-state index contributed by atoms with van der Waals surface area (Å²) in [7, 11) is 1.68. The summed E-state index contributed by atoms with van der Waals surface area (Å²) in [5.74, 6) is 2.42. The van der Waals surface area contributed by atoms with Crippen molar-refractivity contribution in [1.82, 2.24) is 14.8 Å². The van der Waals surface area contributed by atoms with E-state index in [9.17, 15) is 0 Å². The minimum atomic E-state index is -0.227. The highest BCUT2D eigenvalue weighted by Gasteiger charge is 2.41. The van der Waals surface area contributed by atoms with Gasteiger partial charge in [-0.2, -0.15) is 4.98 Å². The van der Waals surface area contributed by atoms with Crippen LogP contribution in [0.2, 0.25) is 0 Å². The van der Waals surface area contributed by atoms with E-state index >= 15 is 0 Å². The average Bonchev–Trinajstić information content (AvgIpc) is 3.52. The normalized spacial score (nSPS) is 18.8. The van der Waals surface area contributed by atoms with Crippen LogP contribution in [0, 0.1) is 0 Å². The molecule has 2 aromatic heterocycles. The molecule has 2 aliphatic heterocycles. The van der Waals surface area contributed by atoms with Crippen molar-refractivity contribution >= 4 is 34.7 Å². The number of methoxy groups -OCH3 is 1. The second-order valence-electron chi connectivity index (χ2n) is 7.51. The van der Waals surface area contributed by atoms with Gasteiger partial charge in [0.2, 0.25) is 11.1 Å². The van der Waals surface area contributed by atoms with Gasteiger partial charge < -0.3 is 14.8 Å². The van der Waals surface area contributed by atoms with Crippen molar-refractivity contribution in [3.8, 4) is 11.5 Å². The van der Waals surface area contributed by atoms with Gasteiger partial charge in [-0.3, -0.25) is 0 Å². The number of hydrogen-bond donors (Lipinski definition) is 1. The van der Waals surface area contributed by atoms with Gasteiger partial charge in [0.25, 0.3) is 0 Å². The second kappa shape index (κ2) is 7.72. The molecule has 6 rings (SSSR count). The molecule has 0 amide bonds. The number of nitrogens with one attached hydrogen (secondary N) is 1. The number of anilines is 1. The predicted molar refractivity (Wildman–Crippen MR) is 128 cm³/mol. The molecule has 2 aliphatic rings. The standard InChI is InChI=1S/C24H20N4O2S2/c1-29-15-11-9-14(10-12-15)21-19-20(25-23-26-24(31-2)27-28(21)23)16-6-3-4-7-17(16)30-22(19)18-8-5-13-32-18/h3-13,21-22H,1-2H3,(H,25,26,27)/t21-,22-/m1/s1. The number of fused-ring (bicyclic) bond motifs is 3. The van der Waals surface area contributed by atoms with Gasteiger partial charge in [0.15, 0.2) is 6.10 Å². The van der Waals surface area contributed by atoms with Gasteiger partial charge in [0.05, 0.1) is 12.8 Å². The lowest BCUT2D eigenvalue weighted by molar-refractivity contribution is 0.226. The molecule has 6 nitrogen and oxygen atoms in total. The van der Waals surface area contributed by atoms with E-state index in [1.165, 1.54) is 11.8 Å².